The van der Waals surface area contributed by atoms with Crippen LogP contribution in [0.1, 0.15) is 56.1 Å². The number of aromatic nitrogens is 3. The van der Waals surface area contributed by atoms with E-state index >= 15 is 0 Å². The van der Waals surface area contributed by atoms with Crippen LogP contribution >= 0.6 is 0 Å². The Kier molecular flexibility index (Phi) is 7.92. The Bertz CT molecular complexity index is 1000. The van der Waals surface area contributed by atoms with Crippen LogP contribution in [0.2, 0.25) is 0 Å². The van der Waals surface area contributed by atoms with E-state index in [1.54, 1.807) is 13.1 Å². The largest absolute Gasteiger partial charge is 0.416 e. The fourth-order valence-electron chi connectivity index (χ4n) is 4.77. The number of hydrogen-bond acceptors (Lipinski definition) is 7. The summed E-state index contributed by atoms with van der Waals surface area (Å²) in [6.45, 7) is 1.76. The van der Waals surface area contributed by atoms with E-state index in [4.69, 9.17) is 0 Å². The summed E-state index contributed by atoms with van der Waals surface area (Å²) in [5.41, 5.74) is -0.632. The number of anilines is 3. The smallest absolute Gasteiger partial charge is 0.357 e. The van der Waals surface area contributed by atoms with Gasteiger partial charge in [0.15, 0.2) is 0 Å². The molecule has 8 nitrogen and oxygen atoms in total. The molecular weight excluding hydrogens is 459 g/mol. The summed E-state index contributed by atoms with van der Waals surface area (Å²) < 4.78 is 39.4. The van der Waals surface area contributed by atoms with Gasteiger partial charge < -0.3 is 20.9 Å². The van der Waals surface area contributed by atoms with Crippen molar-refractivity contribution in [2.75, 3.05) is 35.7 Å². The van der Waals surface area contributed by atoms with Gasteiger partial charge in [0.25, 0.3) is 0 Å². The molecule has 190 valence electrons. The van der Waals surface area contributed by atoms with Gasteiger partial charge in [0.05, 0.1) is 5.56 Å². The molecule has 0 spiro atoms. The highest BCUT2D eigenvalue weighted by Crippen LogP contribution is 2.32. The third-order valence-electron chi connectivity index (χ3n) is 6.69. The van der Waals surface area contributed by atoms with Crippen LogP contribution in [0, 0.1) is 5.92 Å². The van der Waals surface area contributed by atoms with Crippen LogP contribution in [0.4, 0.5) is 31.0 Å². The van der Waals surface area contributed by atoms with Crippen molar-refractivity contribution in [2.24, 2.45) is 5.92 Å². The minimum Gasteiger partial charge on any atom is -0.357 e. The SMILES string of the molecule is CNc1nc(NC2CCC(CC(=O)NCc3ccccc3C(F)(F)F)CC2)nc(N2CCCC2)n1. The van der Waals surface area contributed by atoms with Crippen LogP contribution in [0.5, 0.6) is 0 Å². The fourth-order valence-corrected chi connectivity index (χ4v) is 4.77. The van der Waals surface area contributed by atoms with Crippen molar-refractivity contribution < 1.29 is 18.0 Å². The number of nitrogens with zero attached hydrogens (tertiary/aromatic N) is 4. The summed E-state index contributed by atoms with van der Waals surface area (Å²) in [5.74, 6) is 1.75. The topological polar surface area (TPSA) is 95.1 Å². The van der Waals surface area contributed by atoms with Gasteiger partial charge in [-0.1, -0.05) is 18.2 Å². The molecule has 0 unspecified atom stereocenters. The second-order valence-electron chi connectivity index (χ2n) is 9.22. The van der Waals surface area contributed by atoms with Crippen molar-refractivity contribution in [3.05, 3.63) is 35.4 Å². The number of alkyl halides is 3. The first-order valence-corrected chi connectivity index (χ1v) is 12.2. The molecule has 35 heavy (non-hydrogen) atoms. The molecule has 4 rings (SSSR count). The molecule has 0 radical (unpaired) electrons. The van der Waals surface area contributed by atoms with E-state index < -0.39 is 11.7 Å². The Labute approximate surface area is 203 Å². The van der Waals surface area contributed by atoms with Crippen LogP contribution in [-0.2, 0) is 17.5 Å². The van der Waals surface area contributed by atoms with Crippen LogP contribution in [0.3, 0.4) is 0 Å². The first kappa shape index (κ1) is 25.0. The molecule has 0 bridgehead atoms. The molecule has 11 heteroatoms. The van der Waals surface area contributed by atoms with Crippen molar-refractivity contribution in [1.82, 2.24) is 20.3 Å². The maximum atomic E-state index is 13.1. The summed E-state index contributed by atoms with van der Waals surface area (Å²) in [6.07, 6.45) is 1.60. The number of halogens is 3. The fraction of sp³-hybridized carbons (Fsp3) is 0.583. The van der Waals surface area contributed by atoms with Gasteiger partial charge in [-0.15, -0.1) is 0 Å². The number of carbonyl (C=O) groups is 1. The van der Waals surface area contributed by atoms with Crippen molar-refractivity contribution in [3.63, 3.8) is 0 Å². The van der Waals surface area contributed by atoms with Gasteiger partial charge in [-0.05, 0) is 56.1 Å². The molecule has 1 saturated heterocycles. The minimum atomic E-state index is -4.44. The van der Waals surface area contributed by atoms with E-state index in [-0.39, 0.29) is 30.0 Å². The molecule has 2 fully saturated rings. The second-order valence-corrected chi connectivity index (χ2v) is 9.22. The third-order valence-corrected chi connectivity index (χ3v) is 6.69. The molecule has 2 heterocycles. The third kappa shape index (κ3) is 6.73. The number of hydrogen-bond donors (Lipinski definition) is 3. The number of amides is 1. The highest BCUT2D eigenvalue weighted by molar-refractivity contribution is 5.76. The Morgan fingerprint density at radius 2 is 1.71 bits per heavy atom. The van der Waals surface area contributed by atoms with Crippen molar-refractivity contribution in [2.45, 2.75) is 63.7 Å². The highest BCUT2D eigenvalue weighted by Gasteiger charge is 2.33. The Morgan fingerprint density at radius 3 is 2.40 bits per heavy atom. The van der Waals surface area contributed by atoms with Crippen LogP contribution < -0.4 is 20.9 Å². The normalized spacial score (nSPS) is 20.5. The van der Waals surface area contributed by atoms with Crippen molar-refractivity contribution in [1.29, 1.82) is 0 Å². The zero-order valence-corrected chi connectivity index (χ0v) is 19.9. The molecule has 3 N–H and O–H groups in total. The first-order chi connectivity index (χ1) is 16.8. The predicted molar refractivity (Wildman–Crippen MR) is 128 cm³/mol. The van der Waals surface area contributed by atoms with Gasteiger partial charge in [0.1, 0.15) is 0 Å². The molecule has 1 aromatic carbocycles. The summed E-state index contributed by atoms with van der Waals surface area (Å²) >= 11 is 0. The molecule has 1 aliphatic carbocycles. The molecule has 0 atom stereocenters. The lowest BCUT2D eigenvalue weighted by atomic mass is 9.84. The number of rotatable bonds is 8. The van der Waals surface area contributed by atoms with Gasteiger partial charge in [-0.25, -0.2) is 0 Å². The van der Waals surface area contributed by atoms with Gasteiger partial charge >= 0.3 is 6.18 Å². The quantitative estimate of drug-likeness (QED) is 0.509. The number of nitrogens with one attached hydrogen (secondary N) is 3. The van der Waals surface area contributed by atoms with E-state index in [0.717, 1.165) is 57.7 Å². The first-order valence-electron chi connectivity index (χ1n) is 12.2. The Hall–Kier alpha value is -3.11. The van der Waals surface area contributed by atoms with E-state index in [9.17, 15) is 18.0 Å². The lowest BCUT2D eigenvalue weighted by molar-refractivity contribution is -0.138. The van der Waals surface area contributed by atoms with Crippen LogP contribution in [-0.4, -0.2) is 47.0 Å². The average Bonchev–Trinajstić information content (AvgIpc) is 3.39. The summed E-state index contributed by atoms with van der Waals surface area (Å²) in [6, 6.07) is 5.53. The van der Waals surface area contributed by atoms with Gasteiger partial charge in [-0.2, -0.15) is 28.1 Å². The van der Waals surface area contributed by atoms with E-state index in [2.05, 4.69) is 35.8 Å². The Morgan fingerprint density at radius 1 is 1.03 bits per heavy atom. The van der Waals surface area contributed by atoms with E-state index in [1.165, 1.54) is 12.1 Å². The van der Waals surface area contributed by atoms with Gasteiger partial charge in [0.2, 0.25) is 23.8 Å². The lowest BCUT2D eigenvalue weighted by Crippen LogP contribution is -2.31. The van der Waals surface area contributed by atoms with Gasteiger partial charge in [-0.3, -0.25) is 4.79 Å². The standard InChI is InChI=1S/C24H32F3N7O/c1-28-21-31-22(33-23(32-21)34-12-4-5-13-34)30-18-10-8-16(9-11-18)14-20(35)29-15-17-6-2-3-7-19(17)24(25,26)27/h2-3,6-7,16,18H,4-5,8-15H2,1H3,(H,29,35)(H2,28,30,31,32,33). The Balaban J connectivity index is 1.25. The van der Waals surface area contributed by atoms with Crippen molar-refractivity contribution in [3.8, 4) is 0 Å². The van der Waals surface area contributed by atoms with Crippen LogP contribution in [0.25, 0.3) is 0 Å². The second kappa shape index (κ2) is 11.1. The van der Waals surface area contributed by atoms with Crippen molar-refractivity contribution >= 4 is 23.8 Å². The molecule has 1 aliphatic heterocycles. The predicted octanol–water partition coefficient (Wildman–Crippen LogP) is 4.21. The summed E-state index contributed by atoms with van der Waals surface area (Å²) in [7, 11) is 1.78. The van der Waals surface area contributed by atoms with Crippen LogP contribution in [0.15, 0.2) is 24.3 Å². The summed E-state index contributed by atoms with van der Waals surface area (Å²) in [4.78, 5) is 28.1. The van der Waals surface area contributed by atoms with Gasteiger partial charge in [0, 0.05) is 39.1 Å². The monoisotopic (exact) mass is 491 g/mol. The highest BCUT2D eigenvalue weighted by atomic mass is 19.4. The zero-order chi connectivity index (χ0) is 24.8. The maximum Gasteiger partial charge on any atom is 0.416 e. The minimum absolute atomic E-state index is 0.0767. The van der Waals surface area contributed by atoms with E-state index in [1.807, 2.05) is 0 Å². The zero-order valence-electron chi connectivity index (χ0n) is 19.9. The summed E-state index contributed by atoms with van der Waals surface area (Å²) in [5, 5.41) is 9.08. The molecular formula is C24H32F3N7O. The van der Waals surface area contributed by atoms with E-state index in [0.29, 0.717) is 24.3 Å². The molecule has 1 saturated carbocycles. The average molecular weight is 492 g/mol. The molecule has 1 amide bonds. The molecule has 2 aromatic rings. The number of carbonyl (C=O) groups excluding carboxylic acids is 1. The maximum absolute atomic E-state index is 13.1. The lowest BCUT2D eigenvalue weighted by Gasteiger charge is -2.29. The number of benzene rings is 1. The molecule has 2 aliphatic rings. The molecule has 1 aromatic heterocycles.